The van der Waals surface area contributed by atoms with Crippen LogP contribution in [0.1, 0.15) is 5.56 Å². The summed E-state index contributed by atoms with van der Waals surface area (Å²) in [6, 6.07) is 4.68. The summed E-state index contributed by atoms with van der Waals surface area (Å²) in [4.78, 5) is 15.8. The molecule has 0 amide bonds. The first-order chi connectivity index (χ1) is 8.88. The Morgan fingerprint density at radius 1 is 1.37 bits per heavy atom. The summed E-state index contributed by atoms with van der Waals surface area (Å²) in [5, 5.41) is 8.82. The molecule has 2 rings (SSSR count). The maximum Gasteiger partial charge on any atom is 0.416 e. The molecule has 0 aliphatic carbocycles. The number of benzene rings is 1. The smallest absolute Gasteiger partial charge is 0.416 e. The van der Waals surface area contributed by atoms with Gasteiger partial charge in [0, 0.05) is 18.1 Å². The predicted molar refractivity (Wildman–Crippen MR) is 63.0 cm³/mol. The molecule has 0 saturated heterocycles. The van der Waals surface area contributed by atoms with E-state index in [1.165, 1.54) is 29.4 Å². The topological polar surface area (TPSA) is 52.9 Å². The lowest BCUT2D eigenvalue weighted by Gasteiger charge is -2.23. The fraction of sp³-hybridized carbons (Fsp3) is 0.167. The second kappa shape index (κ2) is 4.75. The Hall–Kier alpha value is -2.31. The van der Waals surface area contributed by atoms with E-state index in [0.717, 1.165) is 12.1 Å². The van der Waals surface area contributed by atoms with E-state index in [0.29, 0.717) is 0 Å². The molecule has 4 nitrogen and oxygen atoms in total. The Balaban J connectivity index is 2.27. The third kappa shape index (κ3) is 2.93. The number of carboxylic acid groups (broad SMARTS) is 1. The van der Waals surface area contributed by atoms with Crippen LogP contribution in [-0.4, -0.2) is 23.3 Å². The average molecular weight is 270 g/mol. The number of hydrogen-bond acceptors (Lipinski definition) is 3. The van der Waals surface area contributed by atoms with Gasteiger partial charge in [-0.3, -0.25) is 4.99 Å². The average Bonchev–Trinajstić information content (AvgIpc) is 2.38. The Bertz CT molecular complexity index is 564. The molecule has 1 aliphatic rings. The SMILES string of the molecule is O=C(O)C1=NC=CN(c2cccc(C(F)(F)F)c2)C1. The Morgan fingerprint density at radius 3 is 2.74 bits per heavy atom. The first-order valence-corrected chi connectivity index (χ1v) is 5.28. The molecule has 1 aromatic carbocycles. The van der Waals surface area contributed by atoms with Gasteiger partial charge in [-0.1, -0.05) is 6.07 Å². The highest BCUT2D eigenvalue weighted by Gasteiger charge is 2.31. The highest BCUT2D eigenvalue weighted by atomic mass is 19.4. The van der Waals surface area contributed by atoms with Crippen molar-refractivity contribution in [2.24, 2.45) is 4.99 Å². The van der Waals surface area contributed by atoms with E-state index in [1.807, 2.05) is 0 Å². The molecule has 0 bridgehead atoms. The van der Waals surface area contributed by atoms with Crippen molar-refractivity contribution < 1.29 is 23.1 Å². The minimum Gasteiger partial charge on any atom is -0.477 e. The Labute approximate surface area is 106 Å². The molecule has 100 valence electrons. The summed E-state index contributed by atoms with van der Waals surface area (Å²) >= 11 is 0. The van der Waals surface area contributed by atoms with E-state index < -0.39 is 17.7 Å². The normalized spacial score (nSPS) is 15.3. The summed E-state index contributed by atoms with van der Waals surface area (Å²) < 4.78 is 37.8. The van der Waals surface area contributed by atoms with Crippen LogP contribution in [0.15, 0.2) is 41.7 Å². The summed E-state index contributed by atoms with van der Waals surface area (Å²) in [7, 11) is 0. The molecule has 0 spiro atoms. The Kier molecular flexibility index (Phi) is 3.28. The molecular formula is C12H9F3N2O2. The number of carboxylic acids is 1. The molecule has 0 atom stereocenters. The fourth-order valence-corrected chi connectivity index (χ4v) is 1.62. The van der Waals surface area contributed by atoms with E-state index in [-0.39, 0.29) is 17.9 Å². The standard InChI is InChI=1S/C12H9F3N2O2/c13-12(14,15)8-2-1-3-9(6-8)17-5-4-16-10(7-17)11(18)19/h1-6H,7H2,(H,18,19). The predicted octanol–water partition coefficient (Wildman–Crippen LogP) is 2.52. The molecule has 0 aromatic heterocycles. The summed E-state index contributed by atoms with van der Waals surface area (Å²) in [6.45, 7) is -0.0762. The lowest BCUT2D eigenvalue weighted by atomic mass is 10.1. The van der Waals surface area contributed by atoms with Gasteiger partial charge in [-0.15, -0.1) is 0 Å². The minimum atomic E-state index is -4.43. The van der Waals surface area contributed by atoms with Crippen LogP contribution >= 0.6 is 0 Å². The van der Waals surface area contributed by atoms with Crippen molar-refractivity contribution >= 4 is 17.4 Å². The number of carbonyl (C=O) groups is 1. The van der Waals surface area contributed by atoms with Crippen LogP contribution in [0.25, 0.3) is 0 Å². The molecule has 1 aliphatic heterocycles. The summed E-state index contributed by atoms with van der Waals surface area (Å²) in [5.74, 6) is -1.19. The third-order valence-corrected chi connectivity index (χ3v) is 2.55. The molecule has 7 heteroatoms. The number of alkyl halides is 3. The van der Waals surface area contributed by atoms with Crippen molar-refractivity contribution in [2.45, 2.75) is 6.18 Å². The van der Waals surface area contributed by atoms with Gasteiger partial charge in [0.2, 0.25) is 0 Å². The fourth-order valence-electron chi connectivity index (χ4n) is 1.62. The van der Waals surface area contributed by atoms with Gasteiger partial charge in [0.25, 0.3) is 0 Å². The van der Waals surface area contributed by atoms with Crippen molar-refractivity contribution in [3.05, 3.63) is 42.2 Å². The van der Waals surface area contributed by atoms with Gasteiger partial charge in [0.05, 0.1) is 12.1 Å². The number of hydrogen-bond donors (Lipinski definition) is 1. The second-order valence-corrected chi connectivity index (χ2v) is 3.86. The highest BCUT2D eigenvalue weighted by molar-refractivity contribution is 6.37. The Morgan fingerprint density at radius 2 is 2.11 bits per heavy atom. The number of nitrogens with zero attached hydrogens (tertiary/aromatic N) is 2. The molecule has 1 N–H and O–H groups in total. The third-order valence-electron chi connectivity index (χ3n) is 2.55. The molecule has 0 saturated carbocycles. The zero-order valence-electron chi connectivity index (χ0n) is 9.55. The minimum absolute atomic E-state index is 0.0762. The number of aliphatic carboxylic acids is 1. The number of rotatable bonds is 2. The van der Waals surface area contributed by atoms with Crippen LogP contribution in [0.4, 0.5) is 18.9 Å². The van der Waals surface area contributed by atoms with Gasteiger partial charge in [-0.2, -0.15) is 13.2 Å². The lowest BCUT2D eigenvalue weighted by molar-refractivity contribution is -0.137. The first-order valence-electron chi connectivity index (χ1n) is 5.28. The number of aliphatic imine (C=N–C) groups is 1. The monoisotopic (exact) mass is 270 g/mol. The molecule has 0 radical (unpaired) electrons. The number of halogens is 3. The van der Waals surface area contributed by atoms with Gasteiger partial charge in [0.1, 0.15) is 5.71 Å². The zero-order valence-corrected chi connectivity index (χ0v) is 9.55. The van der Waals surface area contributed by atoms with Crippen LogP contribution in [0, 0.1) is 0 Å². The van der Waals surface area contributed by atoms with Crippen molar-refractivity contribution in [1.82, 2.24) is 0 Å². The van der Waals surface area contributed by atoms with Gasteiger partial charge < -0.3 is 10.0 Å². The van der Waals surface area contributed by atoms with E-state index in [9.17, 15) is 18.0 Å². The molecule has 1 aromatic rings. The van der Waals surface area contributed by atoms with Crippen LogP contribution in [-0.2, 0) is 11.0 Å². The molecule has 0 fully saturated rings. The summed E-state index contributed by atoms with van der Waals surface area (Å²) in [6.07, 6.45) is -1.76. The molecular weight excluding hydrogens is 261 g/mol. The van der Waals surface area contributed by atoms with Gasteiger partial charge in [0.15, 0.2) is 0 Å². The summed E-state index contributed by atoms with van der Waals surface area (Å²) in [5.41, 5.74) is -0.641. The quantitative estimate of drug-likeness (QED) is 0.898. The van der Waals surface area contributed by atoms with Crippen molar-refractivity contribution in [2.75, 3.05) is 11.4 Å². The number of anilines is 1. The van der Waals surface area contributed by atoms with E-state index >= 15 is 0 Å². The van der Waals surface area contributed by atoms with Gasteiger partial charge in [-0.25, -0.2) is 4.79 Å². The zero-order chi connectivity index (χ0) is 14.0. The van der Waals surface area contributed by atoms with Gasteiger partial charge >= 0.3 is 12.1 Å². The van der Waals surface area contributed by atoms with Crippen LogP contribution < -0.4 is 4.90 Å². The molecule has 19 heavy (non-hydrogen) atoms. The lowest BCUT2D eigenvalue weighted by Crippen LogP contribution is -2.32. The van der Waals surface area contributed by atoms with Crippen molar-refractivity contribution in [1.29, 1.82) is 0 Å². The first kappa shape index (κ1) is 13.1. The maximum absolute atomic E-state index is 12.6. The second-order valence-electron chi connectivity index (χ2n) is 3.86. The highest BCUT2D eigenvalue weighted by Crippen LogP contribution is 2.31. The van der Waals surface area contributed by atoms with Crippen molar-refractivity contribution in [3.63, 3.8) is 0 Å². The molecule has 0 unspecified atom stereocenters. The largest absolute Gasteiger partial charge is 0.477 e. The van der Waals surface area contributed by atoms with E-state index in [4.69, 9.17) is 5.11 Å². The molecule has 1 heterocycles. The van der Waals surface area contributed by atoms with Crippen molar-refractivity contribution in [3.8, 4) is 0 Å². The van der Waals surface area contributed by atoms with Crippen LogP contribution in [0.5, 0.6) is 0 Å². The van der Waals surface area contributed by atoms with E-state index in [2.05, 4.69) is 4.99 Å². The van der Waals surface area contributed by atoms with Gasteiger partial charge in [-0.05, 0) is 18.2 Å². The van der Waals surface area contributed by atoms with E-state index in [1.54, 1.807) is 0 Å². The van der Waals surface area contributed by atoms with Crippen LogP contribution in [0.3, 0.4) is 0 Å². The van der Waals surface area contributed by atoms with Crippen LogP contribution in [0.2, 0.25) is 0 Å². The maximum atomic E-state index is 12.6.